The first-order valence-electron chi connectivity index (χ1n) is 8.56. The average Bonchev–Trinajstić information content (AvgIpc) is 2.59. The van der Waals surface area contributed by atoms with Gasteiger partial charge in [-0.05, 0) is 31.9 Å². The van der Waals surface area contributed by atoms with Gasteiger partial charge in [-0.15, -0.1) is 10.2 Å². The molecule has 1 aliphatic carbocycles. The minimum Gasteiger partial charge on any atom is -0.364 e. The number of hydrogen-bond donors (Lipinski definition) is 4. The van der Waals surface area contributed by atoms with Crippen LogP contribution < -0.4 is 22.1 Å². The topological polar surface area (TPSA) is 119 Å². The lowest BCUT2D eigenvalue weighted by Gasteiger charge is -2.29. The monoisotopic (exact) mass is 340 g/mol. The fourth-order valence-corrected chi connectivity index (χ4v) is 3.06. The Labute approximate surface area is 147 Å². The zero-order valence-corrected chi connectivity index (χ0v) is 14.3. The molecule has 1 aromatic carbocycles. The fraction of sp³-hybridized carbons (Fsp3) is 0.389. The highest BCUT2D eigenvalue weighted by Crippen LogP contribution is 2.24. The summed E-state index contributed by atoms with van der Waals surface area (Å²) < 4.78 is 0. The molecule has 2 atom stereocenters. The number of anilines is 3. The molecule has 0 radical (unpaired) electrons. The lowest BCUT2D eigenvalue weighted by Crippen LogP contribution is -2.42. The summed E-state index contributed by atoms with van der Waals surface area (Å²) in [5.41, 5.74) is 14.2. The van der Waals surface area contributed by atoms with Crippen molar-refractivity contribution in [1.29, 1.82) is 0 Å². The Morgan fingerprint density at radius 1 is 1.16 bits per heavy atom. The van der Waals surface area contributed by atoms with E-state index in [-0.39, 0.29) is 17.8 Å². The van der Waals surface area contributed by atoms with E-state index in [2.05, 4.69) is 20.8 Å². The number of aromatic nitrogens is 2. The molecule has 1 saturated carbocycles. The Hall–Kier alpha value is -2.67. The molecule has 0 spiro atoms. The van der Waals surface area contributed by atoms with E-state index in [1.165, 1.54) is 0 Å². The Kier molecular flexibility index (Phi) is 5.14. The predicted molar refractivity (Wildman–Crippen MR) is 98.9 cm³/mol. The number of primary amides is 1. The summed E-state index contributed by atoms with van der Waals surface area (Å²) >= 11 is 0. The molecule has 132 valence electrons. The van der Waals surface area contributed by atoms with Crippen LogP contribution in [0.3, 0.4) is 0 Å². The van der Waals surface area contributed by atoms with E-state index in [4.69, 9.17) is 11.5 Å². The summed E-state index contributed by atoms with van der Waals surface area (Å²) in [4.78, 5) is 11.7. The van der Waals surface area contributed by atoms with Crippen LogP contribution in [0.15, 0.2) is 30.3 Å². The Morgan fingerprint density at radius 3 is 2.56 bits per heavy atom. The molecule has 1 amide bonds. The summed E-state index contributed by atoms with van der Waals surface area (Å²) in [6.07, 6.45) is 4.30. The second kappa shape index (κ2) is 7.48. The van der Waals surface area contributed by atoms with Crippen LogP contribution in [-0.2, 0) is 0 Å². The van der Waals surface area contributed by atoms with Gasteiger partial charge < -0.3 is 22.1 Å². The van der Waals surface area contributed by atoms with E-state index >= 15 is 0 Å². The van der Waals surface area contributed by atoms with Crippen molar-refractivity contribution in [1.82, 2.24) is 10.2 Å². The van der Waals surface area contributed by atoms with Crippen LogP contribution in [0.4, 0.5) is 17.2 Å². The molecule has 0 aliphatic heterocycles. The summed E-state index contributed by atoms with van der Waals surface area (Å²) in [6, 6.07) is 9.86. The van der Waals surface area contributed by atoms with Crippen LogP contribution in [0.1, 0.15) is 41.7 Å². The highest BCUT2D eigenvalue weighted by molar-refractivity contribution is 5.97. The zero-order valence-electron chi connectivity index (χ0n) is 14.3. The second-order valence-corrected chi connectivity index (χ2v) is 6.55. The molecule has 25 heavy (non-hydrogen) atoms. The first-order chi connectivity index (χ1) is 12.0. The first-order valence-corrected chi connectivity index (χ1v) is 8.56. The standard InChI is InChI=1S/C18H24N6O/c1-11-6-8-12(9-7-11)21-15-10-16(23-24-17(15)18(20)25)22-14-5-3-2-4-13(14)19/h6-10,13-14H,2-5,19H2,1H3,(H2,20,25)(H2,21,22,23). The molecule has 1 aliphatic rings. The highest BCUT2D eigenvalue weighted by Gasteiger charge is 2.22. The average molecular weight is 340 g/mol. The van der Waals surface area contributed by atoms with Gasteiger partial charge in [0.15, 0.2) is 11.5 Å². The zero-order chi connectivity index (χ0) is 17.8. The third-order valence-electron chi connectivity index (χ3n) is 4.51. The lowest BCUT2D eigenvalue weighted by molar-refractivity contribution is 0.0995. The molecule has 0 saturated heterocycles. The maximum Gasteiger partial charge on any atom is 0.271 e. The predicted octanol–water partition coefficient (Wildman–Crippen LogP) is 2.31. The smallest absolute Gasteiger partial charge is 0.271 e. The van der Waals surface area contributed by atoms with Crippen molar-refractivity contribution in [3.8, 4) is 0 Å². The van der Waals surface area contributed by atoms with Gasteiger partial charge >= 0.3 is 0 Å². The summed E-state index contributed by atoms with van der Waals surface area (Å²) in [6.45, 7) is 2.02. The number of carbonyl (C=O) groups excluding carboxylic acids is 1. The molecule has 1 heterocycles. The van der Waals surface area contributed by atoms with Gasteiger partial charge in [0.1, 0.15) is 0 Å². The van der Waals surface area contributed by atoms with Crippen molar-refractivity contribution in [3.05, 3.63) is 41.6 Å². The summed E-state index contributed by atoms with van der Waals surface area (Å²) in [5, 5.41) is 14.6. The minimum atomic E-state index is -0.622. The number of benzene rings is 1. The Morgan fingerprint density at radius 2 is 1.88 bits per heavy atom. The van der Waals surface area contributed by atoms with E-state index in [0.29, 0.717) is 11.5 Å². The van der Waals surface area contributed by atoms with Crippen molar-refractivity contribution in [2.75, 3.05) is 10.6 Å². The molecule has 1 fully saturated rings. The summed E-state index contributed by atoms with van der Waals surface area (Å²) in [5.74, 6) is -0.0370. The van der Waals surface area contributed by atoms with E-state index < -0.39 is 5.91 Å². The van der Waals surface area contributed by atoms with Crippen molar-refractivity contribution in [2.45, 2.75) is 44.7 Å². The third-order valence-corrected chi connectivity index (χ3v) is 4.51. The molecule has 7 nitrogen and oxygen atoms in total. The maximum atomic E-state index is 11.7. The van der Waals surface area contributed by atoms with E-state index in [0.717, 1.165) is 36.9 Å². The number of hydrogen-bond acceptors (Lipinski definition) is 6. The normalized spacial score (nSPS) is 20.1. The number of rotatable bonds is 5. The molecule has 2 aromatic rings. The molecular formula is C18H24N6O. The number of nitrogens with zero attached hydrogens (tertiary/aromatic N) is 2. The minimum absolute atomic E-state index is 0.0971. The number of carbonyl (C=O) groups is 1. The molecule has 0 bridgehead atoms. The Balaban J connectivity index is 1.83. The van der Waals surface area contributed by atoms with Gasteiger partial charge in [-0.3, -0.25) is 4.79 Å². The van der Waals surface area contributed by atoms with Gasteiger partial charge in [-0.2, -0.15) is 0 Å². The fourth-order valence-electron chi connectivity index (χ4n) is 3.06. The second-order valence-electron chi connectivity index (χ2n) is 6.55. The molecule has 3 rings (SSSR count). The van der Waals surface area contributed by atoms with Crippen LogP contribution in [0.25, 0.3) is 0 Å². The molecule has 1 aromatic heterocycles. The van der Waals surface area contributed by atoms with Crippen molar-refractivity contribution in [3.63, 3.8) is 0 Å². The van der Waals surface area contributed by atoms with Crippen molar-refractivity contribution < 1.29 is 4.79 Å². The van der Waals surface area contributed by atoms with Crippen LogP contribution in [0.2, 0.25) is 0 Å². The third kappa shape index (κ3) is 4.24. The van der Waals surface area contributed by atoms with E-state index in [1.807, 2.05) is 31.2 Å². The lowest BCUT2D eigenvalue weighted by atomic mass is 9.91. The van der Waals surface area contributed by atoms with Gasteiger partial charge in [-0.25, -0.2) is 0 Å². The highest BCUT2D eigenvalue weighted by atomic mass is 16.1. The van der Waals surface area contributed by atoms with Crippen molar-refractivity contribution in [2.24, 2.45) is 11.5 Å². The molecular weight excluding hydrogens is 316 g/mol. The first kappa shape index (κ1) is 17.2. The number of aryl methyl sites for hydroxylation is 1. The SMILES string of the molecule is Cc1ccc(Nc2cc(NC3CCCCC3N)nnc2C(N)=O)cc1. The van der Waals surface area contributed by atoms with Crippen LogP contribution in [0, 0.1) is 6.92 Å². The van der Waals surface area contributed by atoms with Crippen LogP contribution >= 0.6 is 0 Å². The van der Waals surface area contributed by atoms with E-state index in [1.54, 1.807) is 6.07 Å². The van der Waals surface area contributed by atoms with Crippen molar-refractivity contribution >= 4 is 23.1 Å². The Bertz CT molecular complexity index is 746. The molecule has 7 heteroatoms. The molecule has 2 unspecified atom stereocenters. The van der Waals surface area contributed by atoms with E-state index in [9.17, 15) is 4.79 Å². The number of nitrogens with one attached hydrogen (secondary N) is 2. The van der Waals surface area contributed by atoms with Gasteiger partial charge in [0.05, 0.1) is 5.69 Å². The largest absolute Gasteiger partial charge is 0.364 e. The quantitative estimate of drug-likeness (QED) is 0.663. The number of nitrogens with two attached hydrogens (primary N) is 2. The van der Waals surface area contributed by atoms with Gasteiger partial charge in [-0.1, -0.05) is 30.5 Å². The molecule has 6 N–H and O–H groups in total. The van der Waals surface area contributed by atoms with Gasteiger partial charge in [0.2, 0.25) is 0 Å². The van der Waals surface area contributed by atoms with Gasteiger partial charge in [0, 0.05) is 23.8 Å². The summed E-state index contributed by atoms with van der Waals surface area (Å²) in [7, 11) is 0. The van der Waals surface area contributed by atoms with Gasteiger partial charge in [0.25, 0.3) is 5.91 Å². The van der Waals surface area contributed by atoms with Crippen LogP contribution in [-0.4, -0.2) is 28.2 Å². The van der Waals surface area contributed by atoms with Crippen LogP contribution in [0.5, 0.6) is 0 Å². The number of amides is 1. The maximum absolute atomic E-state index is 11.7.